The van der Waals surface area contributed by atoms with Crippen LogP contribution in [0.15, 0.2) is 108 Å². The van der Waals surface area contributed by atoms with Crippen LogP contribution >= 0.6 is 0 Å². The summed E-state index contributed by atoms with van der Waals surface area (Å²) in [6.45, 7) is 18.5. The van der Waals surface area contributed by atoms with Crippen LogP contribution in [0.2, 0.25) is 0 Å². The molecule has 0 atom stereocenters. The molecule has 0 spiro atoms. The van der Waals surface area contributed by atoms with Crippen molar-refractivity contribution in [2.75, 3.05) is 78.9 Å². The zero-order valence-corrected chi connectivity index (χ0v) is 38.3. The molecule has 1 amide bonds. The van der Waals surface area contributed by atoms with Gasteiger partial charge in [0, 0.05) is 80.0 Å². The number of nitrogens with zero attached hydrogens (tertiary/aromatic N) is 4. The lowest BCUT2D eigenvalue weighted by molar-refractivity contribution is -0.671. The first-order chi connectivity index (χ1) is 29.3. The van der Waals surface area contributed by atoms with E-state index in [-0.39, 0.29) is 23.5 Å². The van der Waals surface area contributed by atoms with Crippen molar-refractivity contribution in [2.24, 2.45) is 7.05 Å². The second-order valence-corrected chi connectivity index (χ2v) is 17.5. The fraction of sp³-hybridized carbons (Fsp3) is 0.471. The van der Waals surface area contributed by atoms with Crippen molar-refractivity contribution in [1.29, 1.82) is 0 Å². The van der Waals surface area contributed by atoms with Crippen molar-refractivity contribution in [2.45, 2.75) is 78.2 Å². The molecule has 10 heteroatoms. The molecule has 3 aliphatic rings. The number of benzene rings is 2. The average Bonchev–Trinajstić information content (AvgIpc) is 3.57. The summed E-state index contributed by atoms with van der Waals surface area (Å²) < 4.78 is 32.8. The number of carbonyl (C=O) groups is 1. The number of rotatable bonds is 18. The molecule has 0 radical (unpaired) electrons. The molecule has 0 saturated heterocycles. The van der Waals surface area contributed by atoms with Gasteiger partial charge in [-0.2, -0.15) is 4.58 Å². The SMILES string of the molecule is COCCOCCN1/C(=C/C=C2\CCCC(/C=C/C3=[N+](CCOCCOC)c4ccc(C)cc4C3(C)C)=C2N(C)C(=O)OCc2cc[n+](C)cc2)C(C)(C)c2cc(C)ccc21. The molecule has 0 saturated carbocycles. The van der Waals surface area contributed by atoms with E-state index < -0.39 is 0 Å². The maximum Gasteiger partial charge on any atom is 0.414 e. The molecule has 10 nitrogen and oxygen atoms in total. The zero-order valence-electron chi connectivity index (χ0n) is 38.3. The molecule has 61 heavy (non-hydrogen) atoms. The summed E-state index contributed by atoms with van der Waals surface area (Å²) in [5, 5.41) is 0. The Hall–Kier alpha value is -4.87. The number of pyridine rings is 1. The highest BCUT2D eigenvalue weighted by Gasteiger charge is 2.44. The van der Waals surface area contributed by atoms with E-state index in [2.05, 4.69) is 112 Å². The number of hydrogen-bond donors (Lipinski definition) is 0. The van der Waals surface area contributed by atoms with Gasteiger partial charge in [0.1, 0.15) is 20.3 Å². The Labute approximate surface area is 364 Å². The Morgan fingerprint density at radius 3 is 2.18 bits per heavy atom. The Morgan fingerprint density at radius 1 is 0.803 bits per heavy atom. The summed E-state index contributed by atoms with van der Waals surface area (Å²) in [4.78, 5) is 18.2. The molecule has 1 aliphatic carbocycles. The maximum absolute atomic E-state index is 14.1. The topological polar surface area (TPSA) is 76.6 Å². The number of fused-ring (bicyclic) bond motifs is 2. The molecule has 326 valence electrons. The summed E-state index contributed by atoms with van der Waals surface area (Å²) in [6, 6.07) is 17.4. The van der Waals surface area contributed by atoms with Gasteiger partial charge in [0.15, 0.2) is 24.7 Å². The Balaban J connectivity index is 1.41. The molecule has 0 fully saturated rings. The van der Waals surface area contributed by atoms with E-state index in [4.69, 9.17) is 23.7 Å². The van der Waals surface area contributed by atoms with Crippen molar-refractivity contribution in [3.63, 3.8) is 0 Å². The van der Waals surface area contributed by atoms with Gasteiger partial charge in [-0.25, -0.2) is 9.36 Å². The molecule has 0 unspecified atom stereocenters. The van der Waals surface area contributed by atoms with E-state index in [1.165, 1.54) is 45.0 Å². The predicted octanol–water partition coefficient (Wildman–Crippen LogP) is 8.70. The smallest absolute Gasteiger partial charge is 0.414 e. The second-order valence-electron chi connectivity index (χ2n) is 17.5. The van der Waals surface area contributed by atoms with Crippen LogP contribution in [0, 0.1) is 13.8 Å². The Morgan fingerprint density at radius 2 is 1.48 bits per heavy atom. The highest BCUT2D eigenvalue weighted by Crippen LogP contribution is 2.48. The quantitative estimate of drug-likeness (QED) is 0.0939. The second kappa shape index (κ2) is 20.3. The van der Waals surface area contributed by atoms with E-state index in [1.54, 1.807) is 19.1 Å². The molecule has 3 heterocycles. The number of aromatic nitrogens is 1. The molecule has 2 aliphatic heterocycles. The summed E-state index contributed by atoms with van der Waals surface area (Å²) in [6.07, 6.45) is 15.2. The molecule has 2 aromatic carbocycles. The van der Waals surface area contributed by atoms with E-state index >= 15 is 0 Å². The Bertz CT molecular complexity index is 2200. The van der Waals surface area contributed by atoms with Crippen molar-refractivity contribution < 1.29 is 37.6 Å². The molecule has 0 bridgehead atoms. The van der Waals surface area contributed by atoms with E-state index in [9.17, 15) is 4.79 Å². The summed E-state index contributed by atoms with van der Waals surface area (Å²) in [5.74, 6) is 0. The lowest BCUT2D eigenvalue weighted by Gasteiger charge is -2.30. The zero-order chi connectivity index (χ0) is 43.7. The van der Waals surface area contributed by atoms with Gasteiger partial charge in [-0.15, -0.1) is 0 Å². The fourth-order valence-electron chi connectivity index (χ4n) is 8.85. The van der Waals surface area contributed by atoms with Crippen LogP contribution in [-0.2, 0) is 48.2 Å². The maximum atomic E-state index is 14.1. The number of hydrogen-bond acceptors (Lipinski definition) is 7. The van der Waals surface area contributed by atoms with Crippen LogP contribution in [0.25, 0.3) is 0 Å². The highest BCUT2D eigenvalue weighted by molar-refractivity contribution is 6.03. The van der Waals surface area contributed by atoms with Gasteiger partial charge in [-0.05, 0) is 81.9 Å². The van der Waals surface area contributed by atoms with Gasteiger partial charge in [0.05, 0.1) is 44.1 Å². The van der Waals surface area contributed by atoms with Crippen LogP contribution in [-0.4, -0.2) is 95.3 Å². The van der Waals surface area contributed by atoms with Gasteiger partial charge in [-0.1, -0.05) is 55.3 Å². The van der Waals surface area contributed by atoms with Crippen molar-refractivity contribution in [3.8, 4) is 0 Å². The summed E-state index contributed by atoms with van der Waals surface area (Å²) >= 11 is 0. The monoisotopic (exact) mass is 833 g/mol. The number of carbonyl (C=O) groups excluding carboxylic acids is 1. The summed E-state index contributed by atoms with van der Waals surface area (Å²) in [5.41, 5.74) is 13.4. The highest BCUT2D eigenvalue weighted by atomic mass is 16.6. The fourth-order valence-corrected chi connectivity index (χ4v) is 8.85. The molecular weight excluding hydrogens is 765 g/mol. The molecule has 3 aromatic rings. The molecular formula is C51H68N4O6+2. The van der Waals surface area contributed by atoms with E-state index in [1.807, 2.05) is 43.2 Å². The normalized spacial score (nSPS) is 18.2. The van der Waals surface area contributed by atoms with Crippen LogP contribution < -0.4 is 9.47 Å². The van der Waals surface area contributed by atoms with Gasteiger partial charge in [0.25, 0.3) is 0 Å². The minimum Gasteiger partial charge on any atom is -0.444 e. The number of ether oxygens (including phenoxy) is 5. The number of aryl methyl sites for hydroxylation is 3. The third-order valence-corrected chi connectivity index (χ3v) is 12.3. The number of likely N-dealkylation sites (N-methyl/N-ethyl adjacent to an activating group) is 1. The van der Waals surface area contributed by atoms with E-state index in [0.717, 1.165) is 41.7 Å². The lowest BCUT2D eigenvalue weighted by Crippen LogP contribution is -2.31. The average molecular weight is 833 g/mol. The minimum atomic E-state index is -0.389. The van der Waals surface area contributed by atoms with Gasteiger partial charge >= 0.3 is 6.09 Å². The molecule has 1 aromatic heterocycles. The van der Waals surface area contributed by atoms with Crippen molar-refractivity contribution in [1.82, 2.24) is 4.90 Å². The third-order valence-electron chi connectivity index (χ3n) is 12.3. The van der Waals surface area contributed by atoms with Gasteiger partial charge in [-0.3, -0.25) is 4.90 Å². The summed E-state index contributed by atoms with van der Waals surface area (Å²) in [7, 11) is 7.21. The van der Waals surface area contributed by atoms with Gasteiger partial charge < -0.3 is 28.6 Å². The number of anilines is 1. The van der Waals surface area contributed by atoms with Gasteiger partial charge in [0.2, 0.25) is 5.69 Å². The standard InChI is InChI=1S/C51H68N4O6/c1-37-14-18-44-42(34-37)50(3,4)46(54(44)26-28-59-32-30-57-9)20-16-40-12-11-13-41(48(40)53(8)49(56)61-36-39-22-24-52(7)25-23-39)17-21-47-51(5,6)43-35-38(2)15-19-45(43)55(47)27-29-60-33-31-58-10/h14-25,34-35H,11-13,26-33,36H2,1-10H3/q+2. The van der Waals surface area contributed by atoms with Crippen molar-refractivity contribution >= 4 is 23.2 Å². The number of allylic oxidation sites excluding steroid dienone is 7. The molecule has 6 rings (SSSR count). The number of methoxy groups -OCH3 is 2. The van der Waals surface area contributed by atoms with Crippen molar-refractivity contribution in [3.05, 3.63) is 136 Å². The third kappa shape index (κ3) is 10.4. The minimum absolute atomic E-state index is 0.185. The van der Waals surface area contributed by atoms with Crippen LogP contribution in [0.3, 0.4) is 0 Å². The van der Waals surface area contributed by atoms with Crippen LogP contribution in [0.4, 0.5) is 16.2 Å². The van der Waals surface area contributed by atoms with Crippen LogP contribution in [0.5, 0.6) is 0 Å². The first-order valence-corrected chi connectivity index (χ1v) is 21.7. The molecule has 0 N–H and O–H groups in total. The lowest BCUT2D eigenvalue weighted by atomic mass is 9.80. The number of amides is 1. The largest absolute Gasteiger partial charge is 0.444 e. The van der Waals surface area contributed by atoms with Crippen LogP contribution in [0.1, 0.15) is 74.8 Å². The Kier molecular flexibility index (Phi) is 15.2. The predicted molar refractivity (Wildman–Crippen MR) is 243 cm³/mol. The first kappa shape index (κ1) is 45.7. The first-order valence-electron chi connectivity index (χ1n) is 21.7. The van der Waals surface area contributed by atoms with E-state index in [0.29, 0.717) is 52.7 Å².